The molecular formula is C16H26N2OS. The molecule has 1 aromatic carbocycles. The maximum absolute atomic E-state index is 12.1. The van der Waals surface area contributed by atoms with Crippen molar-refractivity contribution in [2.45, 2.75) is 19.6 Å². The van der Waals surface area contributed by atoms with Crippen molar-refractivity contribution < 1.29 is 4.79 Å². The number of amides is 1. The number of benzene rings is 1. The molecule has 0 aliphatic carbocycles. The van der Waals surface area contributed by atoms with Crippen molar-refractivity contribution in [2.24, 2.45) is 5.41 Å². The van der Waals surface area contributed by atoms with Crippen LogP contribution in [0.4, 0.5) is 0 Å². The van der Waals surface area contributed by atoms with Crippen LogP contribution in [0.1, 0.15) is 29.8 Å². The first-order chi connectivity index (χ1) is 9.34. The van der Waals surface area contributed by atoms with Crippen LogP contribution in [-0.4, -0.2) is 44.2 Å². The highest BCUT2D eigenvalue weighted by Crippen LogP contribution is 2.15. The van der Waals surface area contributed by atoms with E-state index in [1.54, 1.807) is 11.8 Å². The fourth-order valence-corrected chi connectivity index (χ4v) is 2.78. The van der Waals surface area contributed by atoms with E-state index >= 15 is 0 Å². The van der Waals surface area contributed by atoms with Crippen LogP contribution in [0.5, 0.6) is 0 Å². The summed E-state index contributed by atoms with van der Waals surface area (Å²) in [7, 11) is 4.10. The molecule has 0 spiro atoms. The number of thioether (sulfide) groups is 1. The Hall–Kier alpha value is -1.00. The Labute approximate surface area is 127 Å². The molecular weight excluding hydrogens is 268 g/mol. The van der Waals surface area contributed by atoms with Crippen LogP contribution >= 0.6 is 11.8 Å². The molecule has 1 rings (SSSR count). The molecule has 0 radical (unpaired) electrons. The third-order valence-electron chi connectivity index (χ3n) is 3.00. The minimum absolute atomic E-state index is 0.00697. The molecule has 0 saturated carbocycles. The van der Waals surface area contributed by atoms with Crippen LogP contribution in [0.2, 0.25) is 0 Å². The zero-order valence-corrected chi connectivity index (χ0v) is 14.0. The highest BCUT2D eigenvalue weighted by Gasteiger charge is 2.20. The SMILES string of the molecule is CSCc1ccc(C(=O)NCC(C)(C)CN(C)C)cc1. The topological polar surface area (TPSA) is 32.3 Å². The van der Waals surface area contributed by atoms with Gasteiger partial charge in [0, 0.05) is 24.4 Å². The first-order valence-electron chi connectivity index (χ1n) is 6.85. The van der Waals surface area contributed by atoms with Crippen molar-refractivity contribution in [2.75, 3.05) is 33.4 Å². The third kappa shape index (κ3) is 5.97. The second-order valence-corrected chi connectivity index (χ2v) is 7.08. The van der Waals surface area contributed by atoms with Crippen molar-refractivity contribution in [3.05, 3.63) is 35.4 Å². The normalized spacial score (nSPS) is 11.7. The van der Waals surface area contributed by atoms with Gasteiger partial charge in [0.2, 0.25) is 0 Å². The summed E-state index contributed by atoms with van der Waals surface area (Å²) in [6, 6.07) is 7.85. The van der Waals surface area contributed by atoms with Crippen LogP contribution in [0, 0.1) is 5.41 Å². The van der Waals surface area contributed by atoms with Crippen LogP contribution < -0.4 is 5.32 Å². The van der Waals surface area contributed by atoms with Crippen molar-refractivity contribution in [3.63, 3.8) is 0 Å². The summed E-state index contributed by atoms with van der Waals surface area (Å²) >= 11 is 1.78. The van der Waals surface area contributed by atoms with Gasteiger partial charge in [-0.05, 0) is 43.5 Å². The zero-order chi connectivity index (χ0) is 15.2. The number of hydrogen-bond donors (Lipinski definition) is 1. The lowest BCUT2D eigenvalue weighted by Gasteiger charge is -2.28. The monoisotopic (exact) mass is 294 g/mol. The maximum atomic E-state index is 12.1. The summed E-state index contributed by atoms with van der Waals surface area (Å²) in [6.45, 7) is 5.94. The van der Waals surface area contributed by atoms with Gasteiger partial charge >= 0.3 is 0 Å². The van der Waals surface area contributed by atoms with Gasteiger partial charge in [-0.25, -0.2) is 0 Å². The van der Waals surface area contributed by atoms with E-state index in [-0.39, 0.29) is 11.3 Å². The number of nitrogens with one attached hydrogen (secondary N) is 1. The standard InChI is InChI=1S/C16H26N2OS/c1-16(2,12-18(3)4)11-17-15(19)14-8-6-13(7-9-14)10-20-5/h6-9H,10-12H2,1-5H3,(H,17,19). The lowest BCUT2D eigenvalue weighted by molar-refractivity contribution is 0.0929. The molecule has 20 heavy (non-hydrogen) atoms. The largest absolute Gasteiger partial charge is 0.351 e. The molecule has 4 heteroatoms. The number of carbonyl (C=O) groups is 1. The van der Waals surface area contributed by atoms with E-state index in [4.69, 9.17) is 0 Å². The van der Waals surface area contributed by atoms with Gasteiger partial charge in [-0.15, -0.1) is 0 Å². The maximum Gasteiger partial charge on any atom is 0.251 e. The molecule has 0 heterocycles. The Bertz CT molecular complexity index is 427. The first kappa shape index (κ1) is 17.1. The van der Waals surface area contributed by atoms with Crippen molar-refractivity contribution >= 4 is 17.7 Å². The summed E-state index contributed by atoms with van der Waals surface area (Å²) in [5.41, 5.74) is 2.05. The van der Waals surface area contributed by atoms with Gasteiger partial charge in [-0.3, -0.25) is 4.79 Å². The second kappa shape index (κ2) is 7.70. The fraction of sp³-hybridized carbons (Fsp3) is 0.562. The van der Waals surface area contributed by atoms with Crippen molar-refractivity contribution in [1.29, 1.82) is 0 Å². The molecule has 0 aliphatic rings. The van der Waals surface area contributed by atoms with E-state index in [2.05, 4.69) is 30.3 Å². The molecule has 0 atom stereocenters. The molecule has 0 bridgehead atoms. The van der Waals surface area contributed by atoms with Gasteiger partial charge in [0.15, 0.2) is 0 Å². The molecule has 112 valence electrons. The molecule has 1 N–H and O–H groups in total. The van der Waals surface area contributed by atoms with Crippen LogP contribution in [-0.2, 0) is 5.75 Å². The smallest absolute Gasteiger partial charge is 0.251 e. The molecule has 0 aliphatic heterocycles. The van der Waals surface area contributed by atoms with E-state index in [0.717, 1.165) is 17.9 Å². The fourth-order valence-electron chi connectivity index (χ4n) is 2.25. The van der Waals surface area contributed by atoms with E-state index in [0.29, 0.717) is 6.54 Å². The Morgan fingerprint density at radius 1 is 1.25 bits per heavy atom. The van der Waals surface area contributed by atoms with Crippen LogP contribution in [0.15, 0.2) is 24.3 Å². The lowest BCUT2D eigenvalue weighted by Crippen LogP contribution is -2.39. The summed E-state index contributed by atoms with van der Waals surface area (Å²) in [5.74, 6) is 0.991. The molecule has 0 aromatic heterocycles. The van der Waals surface area contributed by atoms with Gasteiger partial charge < -0.3 is 10.2 Å². The minimum Gasteiger partial charge on any atom is -0.351 e. The first-order valence-corrected chi connectivity index (χ1v) is 8.24. The summed E-state index contributed by atoms with van der Waals surface area (Å²) in [5, 5.41) is 3.03. The van der Waals surface area contributed by atoms with Gasteiger partial charge in [0.25, 0.3) is 5.91 Å². The average molecular weight is 294 g/mol. The van der Waals surface area contributed by atoms with E-state index in [1.165, 1.54) is 5.56 Å². The van der Waals surface area contributed by atoms with Gasteiger partial charge in [0.05, 0.1) is 0 Å². The van der Waals surface area contributed by atoms with E-state index in [1.807, 2.05) is 38.4 Å². The Morgan fingerprint density at radius 2 is 1.85 bits per heavy atom. The molecule has 3 nitrogen and oxygen atoms in total. The highest BCUT2D eigenvalue weighted by molar-refractivity contribution is 7.97. The van der Waals surface area contributed by atoms with E-state index in [9.17, 15) is 4.79 Å². The minimum atomic E-state index is 0.00697. The summed E-state index contributed by atoms with van der Waals surface area (Å²) in [4.78, 5) is 14.3. The van der Waals surface area contributed by atoms with Gasteiger partial charge in [0.1, 0.15) is 0 Å². The number of carbonyl (C=O) groups excluding carboxylic acids is 1. The highest BCUT2D eigenvalue weighted by atomic mass is 32.2. The van der Waals surface area contributed by atoms with Crippen molar-refractivity contribution in [1.82, 2.24) is 10.2 Å². The lowest BCUT2D eigenvalue weighted by atomic mass is 9.93. The average Bonchev–Trinajstić information content (AvgIpc) is 2.36. The van der Waals surface area contributed by atoms with Gasteiger partial charge in [-0.1, -0.05) is 26.0 Å². The predicted octanol–water partition coefficient (Wildman–Crippen LogP) is 2.87. The van der Waals surface area contributed by atoms with Gasteiger partial charge in [-0.2, -0.15) is 11.8 Å². The van der Waals surface area contributed by atoms with E-state index < -0.39 is 0 Å². The quantitative estimate of drug-likeness (QED) is 0.839. The molecule has 1 amide bonds. The Kier molecular flexibility index (Phi) is 6.56. The second-order valence-electron chi connectivity index (χ2n) is 6.21. The summed E-state index contributed by atoms with van der Waals surface area (Å²) < 4.78 is 0. The predicted molar refractivity (Wildman–Crippen MR) is 88.3 cm³/mol. The van der Waals surface area contributed by atoms with Crippen LogP contribution in [0.25, 0.3) is 0 Å². The zero-order valence-electron chi connectivity index (χ0n) is 13.2. The Balaban J connectivity index is 2.54. The molecule has 0 unspecified atom stereocenters. The Morgan fingerprint density at radius 3 is 2.35 bits per heavy atom. The molecule has 1 aromatic rings. The molecule has 0 saturated heterocycles. The third-order valence-corrected chi connectivity index (χ3v) is 3.62. The summed E-state index contributed by atoms with van der Waals surface area (Å²) in [6.07, 6.45) is 2.08. The van der Waals surface area contributed by atoms with Crippen molar-refractivity contribution in [3.8, 4) is 0 Å². The number of nitrogens with zero attached hydrogens (tertiary/aromatic N) is 1. The number of rotatable bonds is 7. The van der Waals surface area contributed by atoms with Crippen LogP contribution in [0.3, 0.4) is 0 Å². The molecule has 0 fully saturated rings. The number of hydrogen-bond acceptors (Lipinski definition) is 3.